The topological polar surface area (TPSA) is 28.0 Å². The van der Waals surface area contributed by atoms with E-state index in [0.717, 1.165) is 42.7 Å². The molecule has 0 spiro atoms. The van der Waals surface area contributed by atoms with Crippen LogP contribution in [0.25, 0.3) is 0 Å². The van der Waals surface area contributed by atoms with Gasteiger partial charge in [0.25, 0.3) is 0 Å². The van der Waals surface area contributed by atoms with Crippen LogP contribution in [0.4, 0.5) is 50.4 Å². The highest BCUT2D eigenvalue weighted by Gasteiger charge is 2.26. The Labute approximate surface area is 281 Å². The Kier molecular flexibility index (Phi) is 14.6. The van der Waals surface area contributed by atoms with Crippen LogP contribution in [0.2, 0.25) is 0 Å². The predicted molar refractivity (Wildman–Crippen MR) is 186 cm³/mol. The third-order valence-electron chi connectivity index (χ3n) is 8.59. The average molecular weight is 664 g/mol. The molecule has 4 aromatic carbocycles. The van der Waals surface area contributed by atoms with Gasteiger partial charge in [-0.25, -0.2) is 22.0 Å². The second-order valence-corrected chi connectivity index (χ2v) is 12.3. The van der Waals surface area contributed by atoms with Gasteiger partial charge in [0.15, 0.2) is 29.0 Å². The fourth-order valence-corrected chi connectivity index (χ4v) is 5.75. The van der Waals surface area contributed by atoms with Crippen molar-refractivity contribution >= 4 is 28.4 Å². The van der Waals surface area contributed by atoms with E-state index in [4.69, 9.17) is 0 Å². The molecule has 0 aliphatic heterocycles. The molecule has 0 radical (unpaired) electrons. The minimum atomic E-state index is -2.24. The van der Waals surface area contributed by atoms with E-state index in [1.165, 1.54) is 75.3 Å². The van der Waals surface area contributed by atoms with E-state index in [-0.39, 0.29) is 5.69 Å². The lowest BCUT2D eigenvalue weighted by Gasteiger charge is -2.26. The van der Waals surface area contributed by atoms with Gasteiger partial charge >= 0.3 is 0 Å². The number of azo groups is 1. The van der Waals surface area contributed by atoms with E-state index in [9.17, 15) is 22.0 Å². The fourth-order valence-electron chi connectivity index (χ4n) is 5.75. The van der Waals surface area contributed by atoms with E-state index < -0.39 is 34.8 Å². The van der Waals surface area contributed by atoms with Crippen LogP contribution in [0.15, 0.2) is 83.0 Å². The first kappa shape index (κ1) is 36.8. The van der Waals surface area contributed by atoms with Gasteiger partial charge in [0.1, 0.15) is 0 Å². The molecular weight excluding hydrogens is 617 g/mol. The maximum Gasteiger partial charge on any atom is 0.200 e. The normalized spacial score (nSPS) is 11.5. The molecule has 8 heteroatoms. The first-order valence-electron chi connectivity index (χ1n) is 17.3. The first-order chi connectivity index (χ1) is 23.3. The highest BCUT2D eigenvalue weighted by molar-refractivity contribution is 5.77. The molecule has 3 nitrogen and oxygen atoms in total. The lowest BCUT2D eigenvalue weighted by molar-refractivity contribution is 0.380. The van der Waals surface area contributed by atoms with Crippen molar-refractivity contribution in [2.45, 2.75) is 104 Å². The first-order valence-corrected chi connectivity index (χ1v) is 17.3. The molecular formula is C40H46F5N3. The summed E-state index contributed by atoms with van der Waals surface area (Å²) < 4.78 is 68.8. The summed E-state index contributed by atoms with van der Waals surface area (Å²) in [5.41, 5.74) is 4.14. The highest BCUT2D eigenvalue weighted by Crippen LogP contribution is 2.37. The van der Waals surface area contributed by atoms with Crippen LogP contribution in [-0.4, -0.2) is 0 Å². The molecule has 0 aromatic heterocycles. The number of unbranched alkanes of at least 4 members (excludes halogenated alkanes) is 10. The number of hydrogen-bond donors (Lipinski definition) is 0. The quantitative estimate of drug-likeness (QED) is 0.0323. The maximum absolute atomic E-state index is 14.1. The summed E-state index contributed by atoms with van der Waals surface area (Å²) in [5.74, 6) is -10.4. The smallest absolute Gasteiger partial charge is 0.200 e. The molecule has 0 saturated carbocycles. The summed E-state index contributed by atoms with van der Waals surface area (Å²) in [6.45, 7) is 4.45. The van der Waals surface area contributed by atoms with E-state index in [1.54, 1.807) is 24.3 Å². The van der Waals surface area contributed by atoms with Crippen molar-refractivity contribution in [3.63, 3.8) is 0 Å². The number of aryl methyl sites for hydroxylation is 2. The summed E-state index contributed by atoms with van der Waals surface area (Å²) in [6, 6.07) is 23.8. The zero-order chi connectivity index (χ0) is 34.3. The number of anilines is 3. The number of hydrogen-bond acceptors (Lipinski definition) is 3. The van der Waals surface area contributed by atoms with Gasteiger partial charge < -0.3 is 4.90 Å². The van der Waals surface area contributed by atoms with E-state index in [0.29, 0.717) is 0 Å². The standard InChI is InChI=1S/C40H46F5N3/c1-3-5-7-9-11-13-15-29-17-23-32(24-18-29)48(33-25-19-30(20-26-33)16-14-12-10-8-6-4-2)34-27-21-31(22-28-34)46-47-40-38(44)36(42)35(41)37(43)39(40)45/h17-28H,3-16H2,1-2H3. The van der Waals surface area contributed by atoms with Gasteiger partial charge in [-0.3, -0.25) is 0 Å². The van der Waals surface area contributed by atoms with Gasteiger partial charge in [-0.05, 0) is 85.3 Å². The SMILES string of the molecule is CCCCCCCCc1ccc(N(c2ccc(CCCCCCCC)cc2)c2ccc(N=Nc3c(F)c(F)c(F)c(F)c3F)cc2)cc1. The monoisotopic (exact) mass is 663 g/mol. The zero-order valence-electron chi connectivity index (χ0n) is 28.1. The Morgan fingerprint density at radius 2 is 0.771 bits per heavy atom. The molecule has 0 amide bonds. The minimum absolute atomic E-state index is 0.186. The average Bonchev–Trinajstić information content (AvgIpc) is 3.11. The molecule has 0 fully saturated rings. The number of halogens is 5. The molecule has 0 atom stereocenters. The van der Waals surface area contributed by atoms with Crippen LogP contribution in [0.3, 0.4) is 0 Å². The number of nitrogens with zero attached hydrogens (tertiary/aromatic N) is 3. The lowest BCUT2D eigenvalue weighted by Crippen LogP contribution is -2.10. The molecule has 0 unspecified atom stereocenters. The molecule has 0 saturated heterocycles. The molecule has 256 valence electrons. The fraction of sp³-hybridized carbons (Fsp3) is 0.400. The van der Waals surface area contributed by atoms with Crippen molar-refractivity contribution in [2.24, 2.45) is 10.2 Å². The van der Waals surface area contributed by atoms with Crippen molar-refractivity contribution in [1.82, 2.24) is 0 Å². The number of rotatable bonds is 19. The van der Waals surface area contributed by atoms with Gasteiger partial charge in [-0.15, -0.1) is 5.11 Å². The molecule has 4 rings (SSSR count). The van der Waals surface area contributed by atoms with Crippen molar-refractivity contribution in [1.29, 1.82) is 0 Å². The van der Waals surface area contributed by atoms with Crippen molar-refractivity contribution in [2.75, 3.05) is 4.90 Å². The third-order valence-corrected chi connectivity index (χ3v) is 8.59. The predicted octanol–water partition coefficient (Wildman–Crippen LogP) is 14.1. The van der Waals surface area contributed by atoms with Gasteiger partial charge in [0, 0.05) is 17.1 Å². The third kappa shape index (κ3) is 10.2. The Hall–Kier alpha value is -4.07. The summed E-state index contributed by atoms with van der Waals surface area (Å²) >= 11 is 0. The zero-order valence-corrected chi connectivity index (χ0v) is 28.1. The van der Waals surface area contributed by atoms with Crippen LogP contribution < -0.4 is 4.90 Å². The Balaban J connectivity index is 1.53. The minimum Gasteiger partial charge on any atom is -0.311 e. The Morgan fingerprint density at radius 1 is 0.417 bits per heavy atom. The van der Waals surface area contributed by atoms with Gasteiger partial charge in [-0.2, -0.15) is 5.11 Å². The molecule has 0 aliphatic rings. The van der Waals surface area contributed by atoms with Crippen molar-refractivity contribution in [3.8, 4) is 0 Å². The Bertz CT molecular complexity index is 1500. The van der Waals surface area contributed by atoms with Crippen molar-refractivity contribution < 1.29 is 22.0 Å². The van der Waals surface area contributed by atoms with Gasteiger partial charge in [-0.1, -0.05) is 102 Å². The Morgan fingerprint density at radius 3 is 1.19 bits per heavy atom. The highest BCUT2D eigenvalue weighted by atomic mass is 19.2. The molecule has 4 aromatic rings. The van der Waals surface area contributed by atoms with Gasteiger partial charge in [0.2, 0.25) is 5.82 Å². The summed E-state index contributed by atoms with van der Waals surface area (Å²) in [4.78, 5) is 2.11. The van der Waals surface area contributed by atoms with Crippen LogP contribution in [0, 0.1) is 29.1 Å². The second-order valence-electron chi connectivity index (χ2n) is 12.3. The van der Waals surface area contributed by atoms with E-state index in [1.807, 2.05) is 0 Å². The molecule has 0 N–H and O–H groups in total. The van der Waals surface area contributed by atoms with Crippen LogP contribution in [0.1, 0.15) is 102 Å². The van der Waals surface area contributed by atoms with Crippen LogP contribution in [0.5, 0.6) is 0 Å². The van der Waals surface area contributed by atoms with Gasteiger partial charge in [0.05, 0.1) is 5.69 Å². The van der Waals surface area contributed by atoms with Crippen LogP contribution in [-0.2, 0) is 12.8 Å². The molecule has 0 aliphatic carbocycles. The molecule has 0 heterocycles. The summed E-state index contributed by atoms with van der Waals surface area (Å²) in [6.07, 6.45) is 17.0. The summed E-state index contributed by atoms with van der Waals surface area (Å²) in [5, 5.41) is 7.11. The lowest BCUT2D eigenvalue weighted by atomic mass is 10.0. The number of benzene rings is 4. The summed E-state index contributed by atoms with van der Waals surface area (Å²) in [7, 11) is 0. The largest absolute Gasteiger partial charge is 0.311 e. The second kappa shape index (κ2) is 19.1. The van der Waals surface area contributed by atoms with Crippen LogP contribution >= 0.6 is 0 Å². The van der Waals surface area contributed by atoms with E-state index >= 15 is 0 Å². The molecule has 48 heavy (non-hydrogen) atoms. The van der Waals surface area contributed by atoms with Crippen molar-refractivity contribution in [3.05, 3.63) is 113 Å². The van der Waals surface area contributed by atoms with E-state index in [2.05, 4.69) is 77.5 Å². The maximum atomic E-state index is 14.1. The molecule has 0 bridgehead atoms.